The predicted molar refractivity (Wildman–Crippen MR) is 176 cm³/mol. The molecular formula is C37H45ClN2O4. The fraction of sp³-hybridized carbons (Fsp3) is 0.486. The highest BCUT2D eigenvalue weighted by molar-refractivity contribution is 6.30. The lowest BCUT2D eigenvalue weighted by molar-refractivity contribution is -0.118. The van der Waals surface area contributed by atoms with E-state index in [0.29, 0.717) is 34.6 Å². The van der Waals surface area contributed by atoms with Crippen LogP contribution in [0, 0.1) is 5.92 Å². The average molecular weight is 617 g/mol. The number of amides is 1. The smallest absolute Gasteiger partial charge is 0.232 e. The van der Waals surface area contributed by atoms with Crippen LogP contribution in [0.1, 0.15) is 88.6 Å². The minimum atomic E-state index is -0.948. The second-order valence-corrected chi connectivity index (χ2v) is 14.0. The van der Waals surface area contributed by atoms with Crippen molar-refractivity contribution in [3.63, 3.8) is 0 Å². The molecule has 0 spiro atoms. The van der Waals surface area contributed by atoms with Crippen molar-refractivity contribution in [3.05, 3.63) is 87.9 Å². The third-order valence-electron chi connectivity index (χ3n) is 10.0. The van der Waals surface area contributed by atoms with Crippen molar-refractivity contribution in [1.82, 2.24) is 4.90 Å². The van der Waals surface area contributed by atoms with Gasteiger partial charge in [0.05, 0.1) is 31.3 Å². The van der Waals surface area contributed by atoms with Gasteiger partial charge in [-0.05, 0) is 125 Å². The number of piperidine rings is 1. The second-order valence-electron chi connectivity index (χ2n) is 13.6. The highest BCUT2D eigenvalue weighted by Gasteiger charge is 2.47. The van der Waals surface area contributed by atoms with Crippen LogP contribution in [-0.2, 0) is 16.8 Å². The maximum absolute atomic E-state index is 13.9. The number of nitrogens with zero attached hydrogens (tertiary/aromatic N) is 2. The Hall–Kier alpha value is -3.06. The Bertz CT molecular complexity index is 1490. The molecule has 6 rings (SSSR count). The molecule has 0 saturated carbocycles. The zero-order valence-electron chi connectivity index (χ0n) is 26.7. The molecule has 3 heterocycles. The van der Waals surface area contributed by atoms with E-state index >= 15 is 0 Å². The monoisotopic (exact) mass is 616 g/mol. The number of hydrogen-bond acceptors (Lipinski definition) is 5. The Morgan fingerprint density at radius 3 is 2.14 bits per heavy atom. The molecule has 44 heavy (non-hydrogen) atoms. The molecule has 3 aromatic rings. The van der Waals surface area contributed by atoms with Gasteiger partial charge in [-0.1, -0.05) is 35.9 Å². The Labute approximate surface area is 266 Å². The molecule has 3 aliphatic heterocycles. The van der Waals surface area contributed by atoms with Gasteiger partial charge in [-0.25, -0.2) is 0 Å². The molecule has 4 atom stereocenters. The van der Waals surface area contributed by atoms with E-state index in [1.807, 2.05) is 86.3 Å². The fourth-order valence-corrected chi connectivity index (χ4v) is 8.17. The van der Waals surface area contributed by atoms with Crippen LogP contribution in [0.4, 0.5) is 5.69 Å². The summed E-state index contributed by atoms with van der Waals surface area (Å²) in [6, 6.07) is 20.9. The molecular weight excluding hydrogens is 572 g/mol. The molecule has 3 aromatic carbocycles. The van der Waals surface area contributed by atoms with E-state index in [2.05, 4.69) is 18.7 Å². The zero-order valence-corrected chi connectivity index (χ0v) is 27.5. The van der Waals surface area contributed by atoms with E-state index in [-0.39, 0.29) is 30.4 Å². The molecule has 0 radical (unpaired) electrons. The lowest BCUT2D eigenvalue weighted by Gasteiger charge is -2.46. The molecule has 2 saturated heterocycles. The van der Waals surface area contributed by atoms with E-state index in [1.165, 1.54) is 12.8 Å². The van der Waals surface area contributed by atoms with Crippen LogP contribution in [-0.4, -0.2) is 47.3 Å². The maximum atomic E-state index is 13.9. The van der Waals surface area contributed by atoms with Gasteiger partial charge in [0.15, 0.2) is 11.5 Å². The van der Waals surface area contributed by atoms with Crippen LogP contribution in [0.2, 0.25) is 5.02 Å². The first-order valence-electron chi connectivity index (χ1n) is 16.0. The molecule has 2 bridgehead atoms. The third kappa shape index (κ3) is 5.61. The number of rotatable bonds is 8. The molecule has 6 nitrogen and oxygen atoms in total. The molecule has 7 heteroatoms. The molecule has 3 unspecified atom stereocenters. The summed E-state index contributed by atoms with van der Waals surface area (Å²) in [5.74, 6) is 1.46. The van der Waals surface area contributed by atoms with Gasteiger partial charge < -0.3 is 19.5 Å². The number of fused-ring (bicyclic) bond motifs is 3. The Morgan fingerprint density at radius 1 is 0.932 bits per heavy atom. The number of benzene rings is 3. The quantitative estimate of drug-likeness (QED) is 0.281. The van der Waals surface area contributed by atoms with Crippen LogP contribution in [0.15, 0.2) is 60.7 Å². The second kappa shape index (κ2) is 12.0. The summed E-state index contributed by atoms with van der Waals surface area (Å²) in [4.78, 5) is 18.5. The average Bonchev–Trinajstić information content (AvgIpc) is 3.26. The van der Waals surface area contributed by atoms with E-state index in [0.717, 1.165) is 40.8 Å². The third-order valence-corrected chi connectivity index (χ3v) is 10.3. The van der Waals surface area contributed by atoms with Crippen molar-refractivity contribution in [2.24, 2.45) is 5.92 Å². The Morgan fingerprint density at radius 2 is 1.57 bits per heavy atom. The highest BCUT2D eigenvalue weighted by atomic mass is 35.5. The molecule has 234 valence electrons. The summed E-state index contributed by atoms with van der Waals surface area (Å²) < 4.78 is 11.8. The molecule has 0 aliphatic carbocycles. The Balaban J connectivity index is 1.35. The number of hydrogen-bond donors (Lipinski definition) is 1. The molecule has 3 aliphatic rings. The lowest BCUT2D eigenvalue weighted by Crippen LogP contribution is -2.50. The number of carbonyl (C=O) groups is 1. The van der Waals surface area contributed by atoms with Gasteiger partial charge >= 0.3 is 0 Å². The predicted octanol–water partition coefficient (Wildman–Crippen LogP) is 7.67. The summed E-state index contributed by atoms with van der Waals surface area (Å²) >= 11 is 6.28. The molecule has 1 N–H and O–H groups in total. The van der Waals surface area contributed by atoms with Crippen LogP contribution in [0.25, 0.3) is 0 Å². The van der Waals surface area contributed by atoms with Crippen LogP contribution >= 0.6 is 11.6 Å². The number of aliphatic hydroxyl groups is 1. The summed E-state index contributed by atoms with van der Waals surface area (Å²) in [7, 11) is 1.62. The zero-order chi connectivity index (χ0) is 31.3. The molecule has 0 aromatic heterocycles. The summed E-state index contributed by atoms with van der Waals surface area (Å²) in [5.41, 5.74) is 3.60. The van der Waals surface area contributed by atoms with Crippen molar-refractivity contribution in [2.45, 2.75) is 103 Å². The van der Waals surface area contributed by atoms with Crippen molar-refractivity contribution < 1.29 is 19.4 Å². The maximum Gasteiger partial charge on any atom is 0.232 e. The van der Waals surface area contributed by atoms with Crippen molar-refractivity contribution >= 4 is 23.2 Å². The van der Waals surface area contributed by atoms with E-state index in [9.17, 15) is 9.90 Å². The number of carbonyl (C=O) groups excluding carboxylic acids is 1. The van der Waals surface area contributed by atoms with E-state index in [4.69, 9.17) is 21.1 Å². The lowest BCUT2D eigenvalue weighted by atomic mass is 9.74. The molecule has 1 amide bonds. The number of methoxy groups -OCH3 is 1. The standard InChI is InChI=1S/C37H45ClN2O4/c1-22(2)39-30-15-16-31(39)20-27(19-30)37(5,42)26-9-13-29(14-10-26)40-35(41)18-25-17-33(43-6)34(44-23(3)4)21-32(25)36(40)24-7-11-28(38)12-8-24/h7-14,17,21-23,27,30-31,36,42H,15-16,18-20H2,1-6H3/t27?,30?,31?,36?,37-/m1/s1. The number of halogens is 1. The Kier molecular flexibility index (Phi) is 8.46. The van der Waals surface area contributed by atoms with Gasteiger partial charge in [-0.2, -0.15) is 0 Å². The first kappa shape index (κ1) is 30.9. The highest BCUT2D eigenvalue weighted by Crippen LogP contribution is 2.48. The van der Waals surface area contributed by atoms with Crippen molar-refractivity contribution in [1.29, 1.82) is 0 Å². The summed E-state index contributed by atoms with van der Waals surface area (Å²) in [6.45, 7) is 10.5. The van der Waals surface area contributed by atoms with Crippen LogP contribution in [0.5, 0.6) is 11.5 Å². The van der Waals surface area contributed by atoms with E-state index in [1.54, 1.807) is 7.11 Å². The SMILES string of the molecule is COc1cc2c(cc1OC(C)C)C(c1ccc(Cl)cc1)N(c1ccc([C@@](C)(O)C3CC4CCC(C3)N4C(C)C)cc1)C(=O)C2. The topological polar surface area (TPSA) is 62.2 Å². The van der Waals surface area contributed by atoms with E-state index < -0.39 is 5.60 Å². The summed E-state index contributed by atoms with van der Waals surface area (Å²) in [5, 5.41) is 12.6. The largest absolute Gasteiger partial charge is 0.493 e. The van der Waals surface area contributed by atoms with Gasteiger partial charge in [0, 0.05) is 28.8 Å². The van der Waals surface area contributed by atoms with Gasteiger partial charge in [0.2, 0.25) is 5.91 Å². The minimum absolute atomic E-state index is 0.00539. The van der Waals surface area contributed by atoms with Crippen LogP contribution < -0.4 is 14.4 Å². The van der Waals surface area contributed by atoms with Crippen molar-refractivity contribution in [2.75, 3.05) is 12.0 Å². The van der Waals surface area contributed by atoms with Crippen LogP contribution in [0.3, 0.4) is 0 Å². The molecule has 2 fully saturated rings. The van der Waals surface area contributed by atoms with Gasteiger partial charge in [0.1, 0.15) is 0 Å². The normalized spacial score (nSPS) is 24.9. The van der Waals surface area contributed by atoms with Gasteiger partial charge in [-0.15, -0.1) is 0 Å². The fourth-order valence-electron chi connectivity index (χ4n) is 8.04. The summed E-state index contributed by atoms with van der Waals surface area (Å²) in [6.07, 6.45) is 4.66. The number of anilines is 1. The number of ether oxygens (including phenoxy) is 2. The van der Waals surface area contributed by atoms with Gasteiger partial charge in [-0.3, -0.25) is 9.69 Å². The minimum Gasteiger partial charge on any atom is -0.493 e. The first-order chi connectivity index (χ1) is 21.0. The first-order valence-corrected chi connectivity index (χ1v) is 16.4. The van der Waals surface area contributed by atoms with Crippen molar-refractivity contribution in [3.8, 4) is 11.5 Å². The van der Waals surface area contributed by atoms with Gasteiger partial charge in [0.25, 0.3) is 0 Å².